The van der Waals surface area contributed by atoms with E-state index in [9.17, 15) is 30.0 Å². The normalized spacial score (nSPS) is 12.6. The van der Waals surface area contributed by atoms with E-state index in [1.165, 1.54) is 18.5 Å². The number of hydrogen-bond acceptors (Lipinski definition) is 9. The van der Waals surface area contributed by atoms with Crippen molar-refractivity contribution in [2.24, 2.45) is 9.98 Å². The number of aliphatic hydroxyl groups is 1. The summed E-state index contributed by atoms with van der Waals surface area (Å²) in [5.74, 6) is -4.41. The zero-order valence-electron chi connectivity index (χ0n) is 25.3. The molecule has 0 amide bonds. The SMILES string of the molecule is Cc1cc(O)c(C=Nc2ccc3ccccc3c2)c2c1C(=O)Oc1c(CO)c(O)c(C(=O)O)c(C=Nc3ccc4ccccc4c3)c1O2. The van der Waals surface area contributed by atoms with Crippen molar-refractivity contribution in [2.45, 2.75) is 13.5 Å². The first-order valence-electron chi connectivity index (χ1n) is 14.8. The van der Waals surface area contributed by atoms with Crippen LogP contribution in [0.1, 0.15) is 43.0 Å². The fraction of sp³-hybridized carbons (Fsp3) is 0.0526. The minimum atomic E-state index is -1.55. The van der Waals surface area contributed by atoms with Gasteiger partial charge in [-0.05, 0) is 64.4 Å². The van der Waals surface area contributed by atoms with Crippen LogP contribution in [-0.4, -0.2) is 44.8 Å². The first-order chi connectivity index (χ1) is 23.2. The number of hydrogen-bond donors (Lipinski definition) is 4. The Hall–Kier alpha value is -6.52. The van der Waals surface area contributed by atoms with Gasteiger partial charge >= 0.3 is 11.9 Å². The highest BCUT2D eigenvalue weighted by molar-refractivity contribution is 6.08. The minimum absolute atomic E-state index is 0.0153. The van der Waals surface area contributed by atoms with Crippen LogP contribution in [-0.2, 0) is 6.61 Å². The highest BCUT2D eigenvalue weighted by Gasteiger charge is 2.36. The number of aryl methyl sites for hydroxylation is 1. The Morgan fingerprint density at radius 1 is 0.729 bits per heavy atom. The molecule has 0 saturated carbocycles. The van der Waals surface area contributed by atoms with Crippen molar-refractivity contribution in [3.8, 4) is 28.7 Å². The predicted octanol–water partition coefficient (Wildman–Crippen LogP) is 7.73. The minimum Gasteiger partial charge on any atom is -0.507 e. The molecular weight excluding hydrogens is 612 g/mol. The third-order valence-corrected chi connectivity index (χ3v) is 8.14. The molecule has 7 rings (SSSR count). The number of carboxylic acids is 1. The lowest BCUT2D eigenvalue weighted by Gasteiger charge is -2.18. The lowest BCUT2D eigenvalue weighted by Crippen LogP contribution is -2.12. The summed E-state index contributed by atoms with van der Waals surface area (Å²) in [6, 6.07) is 27.7. The predicted molar refractivity (Wildman–Crippen MR) is 181 cm³/mol. The Morgan fingerprint density at radius 2 is 1.29 bits per heavy atom. The van der Waals surface area contributed by atoms with Crippen LogP contribution in [0.25, 0.3) is 21.5 Å². The van der Waals surface area contributed by atoms with E-state index in [0.29, 0.717) is 16.9 Å². The van der Waals surface area contributed by atoms with Gasteiger partial charge in [-0.15, -0.1) is 0 Å². The van der Waals surface area contributed by atoms with Crippen molar-refractivity contribution in [1.29, 1.82) is 0 Å². The van der Waals surface area contributed by atoms with Gasteiger partial charge in [0.25, 0.3) is 0 Å². The number of benzene rings is 6. The van der Waals surface area contributed by atoms with Gasteiger partial charge in [0.1, 0.15) is 22.6 Å². The van der Waals surface area contributed by atoms with Crippen LogP contribution in [0.3, 0.4) is 0 Å². The van der Waals surface area contributed by atoms with Crippen LogP contribution in [0.15, 0.2) is 101 Å². The van der Waals surface area contributed by atoms with Crippen LogP contribution >= 0.6 is 0 Å². The first-order valence-corrected chi connectivity index (χ1v) is 14.8. The summed E-state index contributed by atoms with van der Waals surface area (Å²) in [4.78, 5) is 35.2. The van der Waals surface area contributed by atoms with Crippen LogP contribution in [0.2, 0.25) is 0 Å². The number of aromatic hydroxyl groups is 2. The van der Waals surface area contributed by atoms with E-state index in [1.807, 2.05) is 66.7 Å². The molecule has 1 aliphatic rings. The fourth-order valence-corrected chi connectivity index (χ4v) is 5.76. The molecule has 0 aromatic heterocycles. The average molecular weight is 639 g/mol. The summed E-state index contributed by atoms with van der Waals surface area (Å²) in [7, 11) is 0. The average Bonchev–Trinajstić information content (AvgIpc) is 3.23. The Kier molecular flexibility index (Phi) is 7.54. The van der Waals surface area contributed by atoms with Crippen LogP contribution < -0.4 is 9.47 Å². The summed E-state index contributed by atoms with van der Waals surface area (Å²) in [6.07, 6.45) is 2.52. The van der Waals surface area contributed by atoms with Gasteiger partial charge in [-0.25, -0.2) is 9.59 Å². The standard InChI is InChI=1S/C38H26N2O8/c1-20-14-30(42)27(17-39-25-12-10-21-6-2-4-8-23(21)15-25)34-31(20)38(46)48-36-29(19-41)33(43)32(37(44)45)28(35(36)47-34)18-40-26-13-11-22-7-3-5-9-24(22)16-26/h2-18,41-43H,19H2,1H3,(H,44,45). The fourth-order valence-electron chi connectivity index (χ4n) is 5.76. The van der Waals surface area contributed by atoms with E-state index < -0.39 is 35.6 Å². The summed E-state index contributed by atoms with van der Waals surface area (Å²) in [5.41, 5.74) is 0.0187. The third kappa shape index (κ3) is 5.25. The molecule has 48 heavy (non-hydrogen) atoms. The van der Waals surface area contributed by atoms with Gasteiger partial charge in [0.2, 0.25) is 0 Å². The number of phenolic OH excluding ortho intramolecular Hbond substituents is 1. The monoisotopic (exact) mass is 638 g/mol. The summed E-state index contributed by atoms with van der Waals surface area (Å²) in [6.45, 7) is 0.683. The molecule has 0 aliphatic carbocycles. The second-order valence-electron chi connectivity index (χ2n) is 11.1. The Balaban J connectivity index is 1.42. The van der Waals surface area contributed by atoms with Gasteiger partial charge in [0.15, 0.2) is 17.2 Å². The summed E-state index contributed by atoms with van der Waals surface area (Å²) in [5, 5.41) is 46.4. The van der Waals surface area contributed by atoms with Gasteiger partial charge in [-0.3, -0.25) is 9.98 Å². The van der Waals surface area contributed by atoms with Crippen molar-refractivity contribution in [3.63, 3.8) is 0 Å². The number of aliphatic hydroxyl groups excluding tert-OH is 1. The number of nitrogens with zero attached hydrogens (tertiary/aromatic N) is 2. The van der Waals surface area contributed by atoms with Crippen LogP contribution in [0, 0.1) is 6.92 Å². The molecule has 236 valence electrons. The Morgan fingerprint density at radius 3 is 1.85 bits per heavy atom. The van der Waals surface area contributed by atoms with Gasteiger partial charge in [-0.2, -0.15) is 0 Å². The maximum atomic E-state index is 13.6. The molecule has 10 heteroatoms. The quantitative estimate of drug-likeness (QED) is 0.0820. The number of phenols is 2. The maximum Gasteiger partial charge on any atom is 0.347 e. The molecule has 0 saturated heterocycles. The summed E-state index contributed by atoms with van der Waals surface area (Å²) < 4.78 is 12.0. The van der Waals surface area contributed by atoms with Gasteiger partial charge in [0.05, 0.1) is 34.7 Å². The molecule has 0 bridgehead atoms. The second-order valence-corrected chi connectivity index (χ2v) is 11.1. The maximum absolute atomic E-state index is 13.6. The number of ether oxygens (including phenoxy) is 2. The molecule has 1 aliphatic heterocycles. The molecule has 10 nitrogen and oxygen atoms in total. The molecular formula is C38H26N2O8. The number of rotatable bonds is 6. The van der Waals surface area contributed by atoms with Gasteiger partial charge < -0.3 is 29.9 Å². The summed E-state index contributed by atoms with van der Waals surface area (Å²) >= 11 is 0. The number of aromatic carboxylic acids is 1. The number of esters is 1. The second kappa shape index (κ2) is 12.0. The highest BCUT2D eigenvalue weighted by atomic mass is 16.6. The molecule has 0 fully saturated rings. The van der Waals surface area contributed by atoms with E-state index >= 15 is 0 Å². The van der Waals surface area contributed by atoms with Crippen molar-refractivity contribution in [3.05, 3.63) is 124 Å². The topological polar surface area (TPSA) is 158 Å². The van der Waals surface area contributed by atoms with E-state index in [-0.39, 0.29) is 39.5 Å². The van der Waals surface area contributed by atoms with E-state index in [4.69, 9.17) is 9.47 Å². The van der Waals surface area contributed by atoms with Crippen LogP contribution in [0.4, 0.5) is 11.4 Å². The molecule has 6 aromatic carbocycles. The molecule has 0 unspecified atom stereocenters. The lowest BCUT2D eigenvalue weighted by atomic mass is 9.99. The number of carbonyl (C=O) groups is 2. The number of carbonyl (C=O) groups excluding carboxylic acids is 1. The molecule has 6 aromatic rings. The van der Waals surface area contributed by atoms with Gasteiger partial charge in [0, 0.05) is 12.4 Å². The molecule has 0 atom stereocenters. The zero-order chi connectivity index (χ0) is 33.5. The van der Waals surface area contributed by atoms with E-state index in [1.54, 1.807) is 25.1 Å². The van der Waals surface area contributed by atoms with Gasteiger partial charge in [-0.1, -0.05) is 60.7 Å². The smallest absolute Gasteiger partial charge is 0.347 e. The lowest BCUT2D eigenvalue weighted by molar-refractivity contribution is 0.0692. The number of fused-ring (bicyclic) bond motifs is 4. The Labute approximate surface area is 273 Å². The molecule has 0 spiro atoms. The number of carboxylic acid groups (broad SMARTS) is 1. The van der Waals surface area contributed by atoms with E-state index in [0.717, 1.165) is 21.5 Å². The van der Waals surface area contributed by atoms with E-state index in [2.05, 4.69) is 9.98 Å². The zero-order valence-corrected chi connectivity index (χ0v) is 25.3. The van der Waals surface area contributed by atoms with Crippen molar-refractivity contribution in [1.82, 2.24) is 0 Å². The largest absolute Gasteiger partial charge is 0.507 e. The first kappa shape index (κ1) is 30.2. The number of aliphatic imine (C=N–C) groups is 2. The van der Waals surface area contributed by atoms with Crippen molar-refractivity contribution >= 4 is 57.3 Å². The van der Waals surface area contributed by atoms with Crippen molar-refractivity contribution < 1.29 is 39.5 Å². The third-order valence-electron chi connectivity index (χ3n) is 8.14. The molecule has 1 heterocycles. The Bertz CT molecular complexity index is 2380. The molecule has 4 N–H and O–H groups in total. The van der Waals surface area contributed by atoms with Crippen LogP contribution in [0.5, 0.6) is 28.7 Å². The highest BCUT2D eigenvalue weighted by Crippen LogP contribution is 2.50. The molecule has 0 radical (unpaired) electrons. The van der Waals surface area contributed by atoms with Crippen molar-refractivity contribution in [2.75, 3.05) is 0 Å².